The number of allylic oxidation sites excluding steroid dienone is 5. The molecule has 1 amide bonds. The van der Waals surface area contributed by atoms with Gasteiger partial charge in [0.05, 0.1) is 39.9 Å². The van der Waals surface area contributed by atoms with Crippen molar-refractivity contribution in [2.24, 2.45) is 0 Å². The molecule has 0 aliphatic heterocycles. The largest absolute Gasteiger partial charge is 0.472 e. The molecule has 0 bridgehead atoms. The average molecular weight is 756 g/mol. The number of likely N-dealkylation sites (N-methyl/N-ethyl adjacent to an activating group) is 1. The number of carbonyl (C=O) groups excluding carboxylic acids is 1. The molecule has 0 aromatic carbocycles. The number of rotatable bonds is 38. The van der Waals surface area contributed by atoms with Crippen molar-refractivity contribution in [3.05, 3.63) is 36.5 Å². The Morgan fingerprint density at radius 2 is 1.06 bits per heavy atom. The molecular formula is C43H84N2O6P+. The zero-order chi connectivity index (χ0) is 38.6. The van der Waals surface area contributed by atoms with Crippen molar-refractivity contribution in [1.82, 2.24) is 5.32 Å². The van der Waals surface area contributed by atoms with E-state index in [2.05, 4.69) is 43.5 Å². The Balaban J connectivity index is 4.53. The predicted molar refractivity (Wildman–Crippen MR) is 221 cm³/mol. The van der Waals surface area contributed by atoms with Gasteiger partial charge in [-0.15, -0.1) is 0 Å². The number of hydrogen-bond acceptors (Lipinski definition) is 5. The highest BCUT2D eigenvalue weighted by atomic mass is 31.2. The van der Waals surface area contributed by atoms with Crippen LogP contribution < -0.4 is 5.32 Å². The summed E-state index contributed by atoms with van der Waals surface area (Å²) in [4.78, 5) is 23.1. The summed E-state index contributed by atoms with van der Waals surface area (Å²) in [6.45, 7) is 4.76. The van der Waals surface area contributed by atoms with E-state index < -0.39 is 20.0 Å². The third kappa shape index (κ3) is 37.1. The van der Waals surface area contributed by atoms with Gasteiger partial charge in [-0.25, -0.2) is 4.57 Å². The highest BCUT2D eigenvalue weighted by Gasteiger charge is 2.27. The molecule has 0 aromatic rings. The molecule has 3 unspecified atom stereocenters. The first-order chi connectivity index (χ1) is 25.0. The van der Waals surface area contributed by atoms with Crippen molar-refractivity contribution in [2.75, 3.05) is 40.9 Å². The number of quaternary nitrogens is 1. The van der Waals surface area contributed by atoms with Gasteiger partial charge in [0.25, 0.3) is 0 Å². The summed E-state index contributed by atoms with van der Waals surface area (Å²) < 4.78 is 23.5. The number of nitrogens with one attached hydrogen (secondary N) is 1. The molecule has 8 nitrogen and oxygen atoms in total. The highest BCUT2D eigenvalue weighted by molar-refractivity contribution is 7.47. The van der Waals surface area contributed by atoms with Gasteiger partial charge in [-0.3, -0.25) is 13.8 Å². The molecule has 0 saturated carbocycles. The molecule has 0 saturated heterocycles. The van der Waals surface area contributed by atoms with E-state index in [0.717, 1.165) is 51.4 Å². The number of carbonyl (C=O) groups is 1. The van der Waals surface area contributed by atoms with Crippen LogP contribution in [0, 0.1) is 0 Å². The lowest BCUT2D eigenvalue weighted by Crippen LogP contribution is -2.45. The van der Waals surface area contributed by atoms with Crippen LogP contribution in [0.4, 0.5) is 0 Å². The molecule has 0 radical (unpaired) electrons. The van der Waals surface area contributed by atoms with Gasteiger partial charge in [0.1, 0.15) is 13.2 Å². The van der Waals surface area contributed by atoms with Crippen LogP contribution >= 0.6 is 7.82 Å². The van der Waals surface area contributed by atoms with E-state index in [1.54, 1.807) is 6.08 Å². The van der Waals surface area contributed by atoms with Crippen LogP contribution in [0.1, 0.15) is 181 Å². The van der Waals surface area contributed by atoms with Crippen LogP contribution in [0.2, 0.25) is 0 Å². The van der Waals surface area contributed by atoms with Gasteiger partial charge < -0.3 is 19.8 Å². The van der Waals surface area contributed by atoms with E-state index in [0.29, 0.717) is 17.4 Å². The van der Waals surface area contributed by atoms with Crippen molar-refractivity contribution in [3.63, 3.8) is 0 Å². The van der Waals surface area contributed by atoms with E-state index in [4.69, 9.17) is 9.05 Å². The minimum absolute atomic E-state index is 0.0544. The summed E-state index contributed by atoms with van der Waals surface area (Å²) in [6.07, 6.45) is 42.1. The van der Waals surface area contributed by atoms with E-state index >= 15 is 0 Å². The Labute approximate surface area is 321 Å². The van der Waals surface area contributed by atoms with Crippen molar-refractivity contribution >= 4 is 13.7 Å². The summed E-state index contributed by atoms with van der Waals surface area (Å²) >= 11 is 0. The van der Waals surface area contributed by atoms with Gasteiger partial charge in [-0.2, -0.15) is 0 Å². The summed E-state index contributed by atoms with van der Waals surface area (Å²) in [6, 6.07) is -0.864. The van der Waals surface area contributed by atoms with E-state index in [1.807, 2.05) is 27.2 Å². The molecule has 0 aliphatic carbocycles. The fraction of sp³-hybridized carbons (Fsp3) is 0.837. The zero-order valence-electron chi connectivity index (χ0n) is 34.5. The standard InChI is InChI=1S/C43H83N2O6P/c1-6-8-10-12-14-16-18-20-22-24-26-28-30-32-34-36-42(46)41(40-51-52(48,49)50-39-38-45(3,4)5)44-43(47)37-35-33-31-29-27-25-23-21-19-17-15-13-11-9-7-2/h21,23,26,28,34,36,41-42,46H,6-20,22,24-25,27,29-33,35,37-40H2,1-5H3,(H-,44,47,48,49)/p+1/b23-21-,28-26+,36-34+. The number of phosphoric acid groups is 1. The quantitative estimate of drug-likeness (QED) is 0.0251. The van der Waals surface area contributed by atoms with Crippen LogP contribution in [-0.2, 0) is 18.4 Å². The van der Waals surface area contributed by atoms with E-state index in [9.17, 15) is 19.4 Å². The van der Waals surface area contributed by atoms with Gasteiger partial charge in [-0.05, 0) is 57.8 Å². The lowest BCUT2D eigenvalue weighted by Gasteiger charge is -2.25. The Morgan fingerprint density at radius 1 is 0.635 bits per heavy atom. The van der Waals surface area contributed by atoms with Gasteiger partial charge in [0.2, 0.25) is 5.91 Å². The number of unbranched alkanes of at least 4 members (excludes halogenated alkanes) is 21. The second-order valence-electron chi connectivity index (χ2n) is 15.7. The number of amides is 1. The first-order valence-corrected chi connectivity index (χ1v) is 22.9. The third-order valence-corrected chi connectivity index (χ3v) is 10.3. The Morgan fingerprint density at radius 3 is 1.54 bits per heavy atom. The number of nitrogens with zero attached hydrogens (tertiary/aromatic N) is 1. The molecule has 3 N–H and O–H groups in total. The molecule has 306 valence electrons. The van der Waals surface area contributed by atoms with Crippen molar-refractivity contribution in [2.45, 2.75) is 193 Å². The van der Waals surface area contributed by atoms with Gasteiger partial charge >= 0.3 is 7.82 Å². The topological polar surface area (TPSA) is 105 Å². The zero-order valence-corrected chi connectivity index (χ0v) is 35.4. The molecule has 0 heterocycles. The molecule has 3 atom stereocenters. The van der Waals surface area contributed by atoms with Crippen molar-refractivity contribution < 1.29 is 32.9 Å². The molecule has 0 rings (SSSR count). The summed E-state index contributed by atoms with van der Waals surface area (Å²) in [5.41, 5.74) is 0. The maximum absolute atomic E-state index is 12.8. The second-order valence-corrected chi connectivity index (χ2v) is 17.2. The normalized spacial score (nSPS) is 14.8. The molecule has 0 aliphatic rings. The molecule has 0 spiro atoms. The second kappa shape index (κ2) is 35.4. The lowest BCUT2D eigenvalue weighted by molar-refractivity contribution is -0.870. The SMILES string of the molecule is CCCCCCCC/C=C\CCCCCCCC(=O)NC(COP(=O)(O)OCC[N+](C)(C)C)C(O)/C=C/CC/C=C/CCCCCCCCCCC. The first kappa shape index (κ1) is 50.7. The van der Waals surface area contributed by atoms with Crippen LogP contribution in [0.3, 0.4) is 0 Å². The number of aliphatic hydroxyl groups excluding tert-OH is 1. The third-order valence-electron chi connectivity index (χ3n) is 9.33. The van der Waals surface area contributed by atoms with Crippen LogP contribution in [0.15, 0.2) is 36.5 Å². The van der Waals surface area contributed by atoms with Gasteiger partial charge in [-0.1, -0.05) is 153 Å². The Kier molecular flexibility index (Phi) is 34.6. The fourth-order valence-electron chi connectivity index (χ4n) is 5.87. The monoisotopic (exact) mass is 756 g/mol. The molecule has 0 fully saturated rings. The number of phosphoric ester groups is 1. The van der Waals surface area contributed by atoms with Gasteiger partial charge in [0, 0.05) is 6.42 Å². The van der Waals surface area contributed by atoms with Gasteiger partial charge in [0.15, 0.2) is 0 Å². The fourth-order valence-corrected chi connectivity index (χ4v) is 6.61. The van der Waals surface area contributed by atoms with Crippen molar-refractivity contribution in [3.8, 4) is 0 Å². The van der Waals surface area contributed by atoms with E-state index in [1.165, 1.54) is 109 Å². The minimum Gasteiger partial charge on any atom is -0.387 e. The molecule has 9 heteroatoms. The van der Waals surface area contributed by atoms with E-state index in [-0.39, 0.29) is 19.1 Å². The maximum atomic E-state index is 12.8. The van der Waals surface area contributed by atoms with Crippen LogP contribution in [0.25, 0.3) is 0 Å². The Hall–Kier alpha value is -1.28. The number of hydrogen-bond donors (Lipinski definition) is 3. The molecular weight excluding hydrogens is 671 g/mol. The molecule has 52 heavy (non-hydrogen) atoms. The van der Waals surface area contributed by atoms with Crippen LogP contribution in [0.5, 0.6) is 0 Å². The molecule has 0 aromatic heterocycles. The summed E-state index contributed by atoms with van der Waals surface area (Å²) in [5, 5.41) is 13.8. The van der Waals surface area contributed by atoms with Crippen LogP contribution in [-0.4, -0.2) is 73.4 Å². The first-order valence-electron chi connectivity index (χ1n) is 21.4. The highest BCUT2D eigenvalue weighted by Crippen LogP contribution is 2.43. The summed E-state index contributed by atoms with van der Waals surface area (Å²) in [5.74, 6) is -0.197. The maximum Gasteiger partial charge on any atom is 0.472 e. The average Bonchev–Trinajstić information content (AvgIpc) is 3.09. The lowest BCUT2D eigenvalue weighted by atomic mass is 10.1. The Bertz CT molecular complexity index is 948. The number of aliphatic hydroxyl groups is 1. The van der Waals surface area contributed by atoms with Crippen molar-refractivity contribution in [1.29, 1.82) is 0 Å². The summed E-state index contributed by atoms with van der Waals surface area (Å²) in [7, 11) is 1.55. The minimum atomic E-state index is -4.34. The smallest absolute Gasteiger partial charge is 0.387 e. The predicted octanol–water partition coefficient (Wildman–Crippen LogP) is 11.5.